The van der Waals surface area contributed by atoms with Crippen molar-refractivity contribution in [3.8, 4) is 6.07 Å². The number of nitrogens with one attached hydrogen (secondary N) is 2. The van der Waals surface area contributed by atoms with Crippen molar-refractivity contribution in [2.24, 2.45) is 4.99 Å². The second-order valence-corrected chi connectivity index (χ2v) is 8.47. The van der Waals surface area contributed by atoms with E-state index in [0.717, 1.165) is 23.4 Å². The van der Waals surface area contributed by atoms with Crippen LogP contribution >= 0.6 is 11.8 Å². The molecule has 0 aliphatic carbocycles. The third kappa shape index (κ3) is 5.36. The molecule has 0 radical (unpaired) electrons. The second kappa shape index (κ2) is 9.63. The predicted molar refractivity (Wildman–Crippen MR) is 126 cm³/mol. The second-order valence-electron chi connectivity index (χ2n) is 7.45. The molecule has 12 heteroatoms. The van der Waals surface area contributed by atoms with Gasteiger partial charge in [-0.15, -0.1) is 0 Å². The summed E-state index contributed by atoms with van der Waals surface area (Å²) < 4.78 is 42.6. The van der Waals surface area contributed by atoms with Crippen molar-refractivity contribution in [2.45, 2.75) is 12.7 Å². The molecule has 2 heterocycles. The molecule has 1 aromatic heterocycles. The first-order valence-electron chi connectivity index (χ1n) is 10.2. The molecule has 35 heavy (non-hydrogen) atoms. The number of hydrogen-bond acceptors (Lipinski definition) is 6. The molecule has 1 aliphatic rings. The molecular formula is C23H17F3N6O2S. The zero-order chi connectivity index (χ0) is 25.2. The summed E-state index contributed by atoms with van der Waals surface area (Å²) in [4.78, 5) is 28.3. The van der Waals surface area contributed by atoms with Gasteiger partial charge in [-0.05, 0) is 53.2 Å². The molecule has 0 atom stereocenters. The number of thioether (sulfide) groups is 1. The highest BCUT2D eigenvalue weighted by molar-refractivity contribution is 8.18. The summed E-state index contributed by atoms with van der Waals surface area (Å²) in [6.07, 6.45) is -1.26. The van der Waals surface area contributed by atoms with Crippen molar-refractivity contribution in [1.82, 2.24) is 20.4 Å². The van der Waals surface area contributed by atoms with Crippen LogP contribution in [0.3, 0.4) is 0 Å². The lowest BCUT2D eigenvalue weighted by atomic mass is 10.0. The topological polar surface area (TPSA) is 112 Å². The molecule has 0 spiro atoms. The van der Waals surface area contributed by atoms with Crippen LogP contribution in [0.15, 0.2) is 52.5 Å². The molecule has 0 unspecified atom stereocenters. The number of nitriles is 1. The lowest BCUT2D eigenvalue weighted by molar-refractivity contribution is -0.138. The van der Waals surface area contributed by atoms with E-state index < -0.39 is 17.6 Å². The predicted octanol–water partition coefficient (Wildman–Crippen LogP) is 4.18. The fraction of sp³-hybridized carbons (Fsp3) is 0.174. The number of carbonyl (C=O) groups is 2. The lowest BCUT2D eigenvalue weighted by Crippen LogP contribution is -2.24. The smallest absolute Gasteiger partial charge is 0.339 e. The van der Waals surface area contributed by atoms with Gasteiger partial charge < -0.3 is 10.6 Å². The van der Waals surface area contributed by atoms with Gasteiger partial charge in [-0.1, -0.05) is 12.1 Å². The van der Waals surface area contributed by atoms with Gasteiger partial charge in [-0.25, -0.2) is 0 Å². The van der Waals surface area contributed by atoms with Gasteiger partial charge in [0.1, 0.15) is 12.4 Å². The van der Waals surface area contributed by atoms with Crippen LogP contribution in [-0.4, -0.2) is 40.4 Å². The largest absolute Gasteiger partial charge is 0.416 e. The molecule has 1 aliphatic heterocycles. The van der Waals surface area contributed by atoms with Gasteiger partial charge in [0, 0.05) is 24.2 Å². The van der Waals surface area contributed by atoms with Crippen LogP contribution in [0, 0.1) is 11.3 Å². The zero-order valence-electron chi connectivity index (χ0n) is 18.2. The normalized spacial score (nSPS) is 16.0. The highest BCUT2D eigenvalue weighted by atomic mass is 32.2. The lowest BCUT2D eigenvalue weighted by Gasteiger charge is -2.14. The fourth-order valence-electron chi connectivity index (χ4n) is 3.53. The summed E-state index contributed by atoms with van der Waals surface area (Å²) in [6, 6.07) is 10.3. The number of fused-ring (bicyclic) bond motifs is 1. The minimum atomic E-state index is -4.68. The van der Waals surface area contributed by atoms with E-state index in [4.69, 9.17) is 5.26 Å². The maximum absolute atomic E-state index is 13.7. The van der Waals surface area contributed by atoms with Crippen LogP contribution in [0.4, 0.5) is 18.0 Å². The van der Waals surface area contributed by atoms with Gasteiger partial charge in [0.05, 0.1) is 28.6 Å². The molecule has 1 saturated heterocycles. The van der Waals surface area contributed by atoms with E-state index in [1.807, 2.05) is 6.07 Å². The fourth-order valence-corrected chi connectivity index (χ4v) is 4.31. The number of alkyl halides is 3. The van der Waals surface area contributed by atoms with Crippen molar-refractivity contribution in [3.63, 3.8) is 0 Å². The minimum absolute atomic E-state index is 0.0553. The Balaban J connectivity index is 1.63. The van der Waals surface area contributed by atoms with Crippen molar-refractivity contribution in [3.05, 3.63) is 69.8 Å². The van der Waals surface area contributed by atoms with E-state index in [0.29, 0.717) is 21.6 Å². The third-order valence-corrected chi connectivity index (χ3v) is 5.91. The highest BCUT2D eigenvalue weighted by Gasteiger charge is 2.34. The zero-order valence-corrected chi connectivity index (χ0v) is 19.0. The molecule has 1 fully saturated rings. The number of hydrogen-bond donors (Lipinski definition) is 2. The summed E-state index contributed by atoms with van der Waals surface area (Å²) in [5, 5.41) is 18.3. The van der Waals surface area contributed by atoms with Crippen molar-refractivity contribution in [1.29, 1.82) is 5.26 Å². The minimum Gasteiger partial charge on any atom is -0.339 e. The van der Waals surface area contributed by atoms with E-state index in [9.17, 15) is 22.8 Å². The Hall–Kier alpha value is -4.11. The van der Waals surface area contributed by atoms with Crippen LogP contribution in [0.25, 0.3) is 17.0 Å². The maximum Gasteiger partial charge on any atom is 0.416 e. The molecular weight excluding hydrogens is 481 g/mol. The molecule has 178 valence electrons. The van der Waals surface area contributed by atoms with Crippen LogP contribution in [0.1, 0.15) is 27.0 Å². The van der Waals surface area contributed by atoms with Gasteiger partial charge in [0.2, 0.25) is 0 Å². The maximum atomic E-state index is 13.7. The number of amides is 2. The number of carbonyl (C=O) groups excluding carboxylic acids is 2. The number of amidine groups is 1. The number of aliphatic imine (C=N–C) groups is 1. The van der Waals surface area contributed by atoms with E-state index >= 15 is 0 Å². The van der Waals surface area contributed by atoms with Gasteiger partial charge in [-0.3, -0.25) is 19.3 Å². The number of rotatable bonds is 5. The average molecular weight is 498 g/mol. The molecule has 8 nitrogen and oxygen atoms in total. The number of benzene rings is 2. The molecule has 2 aromatic carbocycles. The van der Waals surface area contributed by atoms with Crippen molar-refractivity contribution < 1.29 is 22.8 Å². The molecule has 3 aromatic rings. The van der Waals surface area contributed by atoms with Crippen LogP contribution in [0.2, 0.25) is 0 Å². The van der Waals surface area contributed by atoms with Gasteiger partial charge in [0.25, 0.3) is 11.1 Å². The molecule has 4 rings (SSSR count). The molecule has 2 N–H and O–H groups in total. The average Bonchev–Trinajstić information content (AvgIpc) is 3.38. The van der Waals surface area contributed by atoms with Gasteiger partial charge in [0.15, 0.2) is 0 Å². The Morgan fingerprint density at radius 1 is 1.31 bits per heavy atom. The summed E-state index contributed by atoms with van der Waals surface area (Å²) in [6.45, 7) is -0.473. The van der Waals surface area contributed by atoms with Gasteiger partial charge >= 0.3 is 6.18 Å². The number of nitrogens with zero attached hydrogens (tertiary/aromatic N) is 4. The Morgan fingerprint density at radius 2 is 2.11 bits per heavy atom. The standard InChI is InChI=1S/C23H17F3N6O2S/c1-28-20-19(35-22(34)30-20)9-13-2-5-18-16(8-13)12-32(31-18)11-15-4-3-14(21(33)29-7-6-27)10-17(15)23(24,25)26/h2-5,8-10,12H,7,11H2,1H3,(H,29,33)(H,28,30,34)/b19-9-. The van der Waals surface area contributed by atoms with Crippen LogP contribution < -0.4 is 10.6 Å². The first-order valence-corrected chi connectivity index (χ1v) is 11.0. The SMILES string of the molecule is CN=C1NC(=O)S/C1=C\c1ccc2nn(Cc3ccc(C(=O)NCC#N)cc3C(F)(F)F)cc2c1. The van der Waals surface area contributed by atoms with Crippen LogP contribution in [0.5, 0.6) is 0 Å². The van der Waals surface area contributed by atoms with E-state index in [2.05, 4.69) is 20.7 Å². The monoisotopic (exact) mass is 498 g/mol. The van der Waals surface area contributed by atoms with Crippen molar-refractivity contribution >= 4 is 45.7 Å². The summed E-state index contributed by atoms with van der Waals surface area (Å²) >= 11 is 1.03. The van der Waals surface area contributed by atoms with E-state index in [1.165, 1.54) is 16.8 Å². The Morgan fingerprint density at radius 3 is 2.83 bits per heavy atom. The third-order valence-electron chi connectivity index (χ3n) is 5.09. The summed E-state index contributed by atoms with van der Waals surface area (Å²) in [5.74, 6) is -0.288. The molecule has 0 bridgehead atoms. The first-order chi connectivity index (χ1) is 16.7. The quantitative estimate of drug-likeness (QED) is 0.513. The summed E-state index contributed by atoms with van der Waals surface area (Å²) in [7, 11) is 1.57. The Labute approximate surface area is 201 Å². The van der Waals surface area contributed by atoms with Crippen LogP contribution in [-0.2, 0) is 12.7 Å². The number of halogens is 3. The number of aromatic nitrogens is 2. The van der Waals surface area contributed by atoms with E-state index in [-0.39, 0.29) is 29.5 Å². The summed E-state index contributed by atoms with van der Waals surface area (Å²) in [5.41, 5.74) is 0.174. The molecule has 0 saturated carbocycles. The van der Waals surface area contributed by atoms with Crippen molar-refractivity contribution in [2.75, 3.05) is 13.6 Å². The highest BCUT2D eigenvalue weighted by Crippen LogP contribution is 2.33. The Bertz CT molecular complexity index is 1440. The van der Waals surface area contributed by atoms with Gasteiger partial charge in [-0.2, -0.15) is 23.5 Å². The molecule has 2 amide bonds. The Kier molecular flexibility index (Phi) is 6.61. The van der Waals surface area contributed by atoms with E-state index in [1.54, 1.807) is 37.5 Å². The first kappa shape index (κ1) is 24.0.